The highest BCUT2D eigenvalue weighted by Crippen LogP contribution is 2.25. The summed E-state index contributed by atoms with van der Waals surface area (Å²) in [6, 6.07) is 3.07. The molecule has 5 nitrogen and oxygen atoms in total. The lowest BCUT2D eigenvalue weighted by molar-refractivity contribution is -0.120. The van der Waals surface area contributed by atoms with E-state index in [0.717, 1.165) is 0 Å². The summed E-state index contributed by atoms with van der Waals surface area (Å²) in [5, 5.41) is 0.253. The van der Waals surface area contributed by atoms with Crippen molar-refractivity contribution in [1.29, 1.82) is 0 Å². The highest BCUT2D eigenvalue weighted by atomic mass is 35.5. The number of carbonyl (C=O) groups is 1. The predicted molar refractivity (Wildman–Crippen MR) is 79.2 cm³/mol. The van der Waals surface area contributed by atoms with Gasteiger partial charge in [0.15, 0.2) is 0 Å². The van der Waals surface area contributed by atoms with Crippen molar-refractivity contribution in [2.24, 2.45) is 11.7 Å². The van der Waals surface area contributed by atoms with Crippen LogP contribution in [0.4, 0.5) is 0 Å². The number of hydrogen-bond donors (Lipinski definition) is 2. The molecule has 2 unspecified atom stereocenters. The third-order valence-corrected chi connectivity index (χ3v) is 5.14. The van der Waals surface area contributed by atoms with E-state index in [1.165, 1.54) is 18.2 Å². The van der Waals surface area contributed by atoms with Gasteiger partial charge >= 0.3 is 0 Å². The molecule has 0 heterocycles. The maximum Gasteiger partial charge on any atom is 0.242 e. The van der Waals surface area contributed by atoms with E-state index in [1.807, 2.05) is 6.92 Å². The molecule has 0 fully saturated rings. The monoisotopic (exact) mass is 338 g/mol. The predicted octanol–water partition coefficient (Wildman–Crippen LogP) is 2.17. The van der Waals surface area contributed by atoms with Crippen molar-refractivity contribution in [3.05, 3.63) is 28.2 Å². The van der Waals surface area contributed by atoms with Crippen molar-refractivity contribution in [3.8, 4) is 0 Å². The molecule has 0 aliphatic rings. The Kier molecular flexibility index (Phi) is 5.82. The Hall–Kier alpha value is -0.820. The summed E-state index contributed by atoms with van der Waals surface area (Å²) in [5.41, 5.74) is 5.24. The van der Waals surface area contributed by atoms with Crippen molar-refractivity contribution in [2.45, 2.75) is 31.2 Å². The second-order valence-corrected chi connectivity index (χ2v) is 6.99. The van der Waals surface area contributed by atoms with E-state index in [-0.39, 0.29) is 20.9 Å². The lowest BCUT2D eigenvalue weighted by Gasteiger charge is -2.21. The zero-order valence-corrected chi connectivity index (χ0v) is 13.4. The van der Waals surface area contributed by atoms with Gasteiger partial charge in [0, 0.05) is 5.02 Å². The van der Waals surface area contributed by atoms with E-state index in [0.29, 0.717) is 6.42 Å². The zero-order valence-electron chi connectivity index (χ0n) is 11.1. The minimum absolute atomic E-state index is 0.0225. The van der Waals surface area contributed by atoms with Crippen molar-refractivity contribution < 1.29 is 13.2 Å². The van der Waals surface area contributed by atoms with Crippen LogP contribution in [-0.4, -0.2) is 20.4 Å². The Labute approximate surface area is 128 Å². The molecule has 0 saturated heterocycles. The van der Waals surface area contributed by atoms with Crippen LogP contribution < -0.4 is 10.5 Å². The number of carbonyl (C=O) groups excluding carboxylic acids is 1. The van der Waals surface area contributed by atoms with Crippen LogP contribution >= 0.6 is 23.2 Å². The van der Waals surface area contributed by atoms with Gasteiger partial charge in [0.05, 0.1) is 5.02 Å². The third kappa shape index (κ3) is 4.09. The van der Waals surface area contributed by atoms with Crippen LogP contribution in [0.5, 0.6) is 0 Å². The Morgan fingerprint density at radius 2 is 2.00 bits per heavy atom. The van der Waals surface area contributed by atoms with Crippen molar-refractivity contribution in [1.82, 2.24) is 4.72 Å². The molecule has 0 bridgehead atoms. The van der Waals surface area contributed by atoms with Gasteiger partial charge in [0.2, 0.25) is 15.9 Å². The van der Waals surface area contributed by atoms with Crippen LogP contribution in [0.1, 0.15) is 20.3 Å². The van der Waals surface area contributed by atoms with Gasteiger partial charge < -0.3 is 5.73 Å². The fourth-order valence-electron chi connectivity index (χ4n) is 1.60. The third-order valence-electron chi connectivity index (χ3n) is 2.98. The number of nitrogens with two attached hydrogens (primary N) is 1. The van der Waals surface area contributed by atoms with E-state index in [2.05, 4.69) is 4.72 Å². The van der Waals surface area contributed by atoms with E-state index in [9.17, 15) is 13.2 Å². The van der Waals surface area contributed by atoms with Crippen molar-refractivity contribution in [3.63, 3.8) is 0 Å². The second-order valence-electron chi connectivity index (χ2n) is 4.46. The normalized spacial score (nSPS) is 14.8. The minimum atomic E-state index is -3.98. The molecule has 0 aliphatic heterocycles. The average Bonchev–Trinajstić information content (AvgIpc) is 2.37. The molecule has 0 saturated carbocycles. The summed E-state index contributed by atoms with van der Waals surface area (Å²) in [5.74, 6) is -0.971. The zero-order chi connectivity index (χ0) is 15.5. The molecule has 1 amide bonds. The molecule has 112 valence electrons. The summed E-state index contributed by atoms with van der Waals surface area (Å²) < 4.78 is 26.8. The number of amides is 1. The summed E-state index contributed by atoms with van der Waals surface area (Å²) in [4.78, 5) is 11.2. The standard InChI is InChI=1S/C12H16Cl2N2O3S/c1-3-7(2)11(12(15)17)16-20(18,19)10-6-8(13)4-5-9(10)14/h4-7,11,16H,3H2,1-2H3,(H2,15,17). The summed E-state index contributed by atoms with van der Waals surface area (Å²) in [6.07, 6.45) is 0.597. The minimum Gasteiger partial charge on any atom is -0.368 e. The maximum absolute atomic E-state index is 12.3. The molecular weight excluding hydrogens is 323 g/mol. The molecule has 1 aromatic carbocycles. The first-order chi connectivity index (χ1) is 9.19. The molecular formula is C12H16Cl2N2O3S. The first-order valence-electron chi connectivity index (χ1n) is 5.95. The number of primary amides is 1. The molecule has 1 rings (SSSR count). The van der Waals surface area contributed by atoms with E-state index in [1.54, 1.807) is 6.92 Å². The molecule has 8 heteroatoms. The molecule has 1 aromatic rings. The Balaban J connectivity index is 3.16. The lowest BCUT2D eigenvalue weighted by atomic mass is 10.00. The topological polar surface area (TPSA) is 89.3 Å². The van der Waals surface area contributed by atoms with E-state index < -0.39 is 22.0 Å². The highest BCUT2D eigenvalue weighted by Gasteiger charge is 2.29. The largest absolute Gasteiger partial charge is 0.368 e. The summed E-state index contributed by atoms with van der Waals surface area (Å²) in [6.45, 7) is 3.57. The number of halogens is 2. The first-order valence-corrected chi connectivity index (χ1v) is 8.19. The molecule has 3 N–H and O–H groups in total. The van der Waals surface area contributed by atoms with Crippen LogP contribution in [0.25, 0.3) is 0 Å². The molecule has 0 aromatic heterocycles. The van der Waals surface area contributed by atoms with Gasteiger partial charge in [-0.3, -0.25) is 4.79 Å². The van der Waals surface area contributed by atoms with Gasteiger partial charge in [-0.05, 0) is 24.1 Å². The molecule has 0 aliphatic carbocycles. The Bertz CT molecular complexity index is 605. The highest BCUT2D eigenvalue weighted by molar-refractivity contribution is 7.89. The van der Waals surface area contributed by atoms with Crippen LogP contribution in [-0.2, 0) is 14.8 Å². The molecule has 0 radical (unpaired) electrons. The van der Waals surface area contributed by atoms with Crippen LogP contribution in [0.3, 0.4) is 0 Å². The molecule has 20 heavy (non-hydrogen) atoms. The van der Waals surface area contributed by atoms with Gasteiger partial charge in [-0.15, -0.1) is 0 Å². The fourth-order valence-corrected chi connectivity index (χ4v) is 3.68. The first kappa shape index (κ1) is 17.2. The van der Waals surface area contributed by atoms with Gasteiger partial charge in [0.25, 0.3) is 0 Å². The van der Waals surface area contributed by atoms with Crippen LogP contribution in [0.2, 0.25) is 10.0 Å². The average molecular weight is 339 g/mol. The van der Waals surface area contributed by atoms with E-state index >= 15 is 0 Å². The number of sulfonamides is 1. The van der Waals surface area contributed by atoms with Gasteiger partial charge in [0.1, 0.15) is 10.9 Å². The van der Waals surface area contributed by atoms with Crippen molar-refractivity contribution >= 4 is 39.1 Å². The number of nitrogens with one attached hydrogen (secondary N) is 1. The fraction of sp³-hybridized carbons (Fsp3) is 0.417. The lowest BCUT2D eigenvalue weighted by Crippen LogP contribution is -2.48. The number of hydrogen-bond acceptors (Lipinski definition) is 3. The SMILES string of the molecule is CCC(C)C(NS(=O)(=O)c1cc(Cl)ccc1Cl)C(N)=O. The molecule has 2 atom stereocenters. The molecule has 0 spiro atoms. The number of rotatable bonds is 6. The van der Waals surface area contributed by atoms with Gasteiger partial charge in [-0.25, -0.2) is 8.42 Å². The van der Waals surface area contributed by atoms with Crippen LogP contribution in [0.15, 0.2) is 23.1 Å². The Morgan fingerprint density at radius 1 is 1.40 bits per heavy atom. The smallest absolute Gasteiger partial charge is 0.242 e. The van der Waals surface area contributed by atoms with E-state index in [4.69, 9.17) is 28.9 Å². The second kappa shape index (κ2) is 6.76. The van der Waals surface area contributed by atoms with Gasteiger partial charge in [-0.1, -0.05) is 43.5 Å². The van der Waals surface area contributed by atoms with Crippen LogP contribution in [0, 0.1) is 5.92 Å². The maximum atomic E-state index is 12.3. The quantitative estimate of drug-likeness (QED) is 0.832. The number of benzene rings is 1. The van der Waals surface area contributed by atoms with Gasteiger partial charge in [-0.2, -0.15) is 4.72 Å². The summed E-state index contributed by atoms with van der Waals surface area (Å²) in [7, 11) is -3.98. The summed E-state index contributed by atoms with van der Waals surface area (Å²) >= 11 is 11.6. The Morgan fingerprint density at radius 3 is 2.50 bits per heavy atom. The van der Waals surface area contributed by atoms with Crippen molar-refractivity contribution in [2.75, 3.05) is 0 Å².